The molecule has 0 aliphatic heterocycles. The van der Waals surface area contributed by atoms with Crippen LogP contribution >= 0.6 is 0 Å². The molecular weight excluding hydrogens is 234 g/mol. The van der Waals surface area contributed by atoms with Gasteiger partial charge in [0.15, 0.2) is 0 Å². The monoisotopic (exact) mass is 253 g/mol. The van der Waals surface area contributed by atoms with Gasteiger partial charge in [-0.25, -0.2) is 0 Å². The fourth-order valence-corrected chi connectivity index (χ4v) is 1.40. The lowest BCUT2D eigenvalue weighted by Crippen LogP contribution is -2.46. The number of aliphatic hydroxyl groups excluding tert-OH is 1. The highest BCUT2D eigenvalue weighted by Crippen LogP contribution is 2.24. The Hall–Kier alpha value is -1.75. The number of ether oxygens (including phenoxy) is 2. The average Bonchev–Trinajstić information content (AvgIpc) is 2.37. The van der Waals surface area contributed by atoms with E-state index >= 15 is 0 Å². The molecule has 0 aromatic heterocycles. The zero-order valence-corrected chi connectivity index (χ0v) is 11.1. The van der Waals surface area contributed by atoms with Gasteiger partial charge in [0.1, 0.15) is 11.5 Å². The number of hydrogen-bond donors (Lipinski definition) is 2. The van der Waals surface area contributed by atoms with Crippen LogP contribution in [0.3, 0.4) is 0 Å². The number of aliphatic hydroxyl groups is 1. The third-order valence-electron chi connectivity index (χ3n) is 2.50. The maximum atomic E-state index is 12.1. The van der Waals surface area contributed by atoms with Crippen molar-refractivity contribution in [1.82, 2.24) is 5.32 Å². The van der Waals surface area contributed by atoms with E-state index < -0.39 is 5.54 Å². The molecule has 2 N–H and O–H groups in total. The predicted octanol–water partition coefficient (Wildman–Crippen LogP) is 1.20. The summed E-state index contributed by atoms with van der Waals surface area (Å²) in [4.78, 5) is 12.1. The number of benzene rings is 1. The maximum Gasteiger partial charge on any atom is 0.255 e. The van der Waals surface area contributed by atoms with Gasteiger partial charge in [0.05, 0.1) is 31.9 Å². The molecule has 0 aliphatic rings. The minimum absolute atomic E-state index is 0.142. The lowest BCUT2D eigenvalue weighted by atomic mass is 10.1. The van der Waals surface area contributed by atoms with E-state index in [0.717, 1.165) is 0 Å². The summed E-state index contributed by atoms with van der Waals surface area (Å²) in [6, 6.07) is 4.95. The number of rotatable bonds is 5. The van der Waals surface area contributed by atoms with Gasteiger partial charge in [-0.05, 0) is 26.0 Å². The SMILES string of the molecule is COc1ccc(C(=O)NC(C)(C)CO)c(OC)c1. The van der Waals surface area contributed by atoms with Crippen molar-refractivity contribution in [1.29, 1.82) is 0 Å². The second kappa shape index (κ2) is 5.73. The summed E-state index contributed by atoms with van der Waals surface area (Å²) >= 11 is 0. The molecule has 0 fully saturated rings. The zero-order valence-electron chi connectivity index (χ0n) is 11.1. The Labute approximate surface area is 107 Å². The van der Waals surface area contributed by atoms with E-state index in [-0.39, 0.29) is 12.5 Å². The number of nitrogens with one attached hydrogen (secondary N) is 1. The van der Waals surface area contributed by atoms with Crippen LogP contribution < -0.4 is 14.8 Å². The van der Waals surface area contributed by atoms with Crippen LogP contribution in [-0.2, 0) is 0 Å². The number of amides is 1. The molecule has 0 saturated carbocycles. The van der Waals surface area contributed by atoms with Crippen LogP contribution in [0.4, 0.5) is 0 Å². The molecule has 0 atom stereocenters. The van der Waals surface area contributed by atoms with Crippen molar-refractivity contribution >= 4 is 5.91 Å². The van der Waals surface area contributed by atoms with Gasteiger partial charge in [-0.15, -0.1) is 0 Å². The molecule has 0 aliphatic carbocycles. The molecule has 18 heavy (non-hydrogen) atoms. The topological polar surface area (TPSA) is 67.8 Å². The number of methoxy groups -OCH3 is 2. The first kappa shape index (κ1) is 14.3. The molecule has 0 radical (unpaired) electrons. The summed E-state index contributed by atoms with van der Waals surface area (Å²) in [6.07, 6.45) is 0. The highest BCUT2D eigenvalue weighted by atomic mass is 16.5. The Balaban J connectivity index is 2.99. The average molecular weight is 253 g/mol. The van der Waals surface area contributed by atoms with Crippen molar-refractivity contribution in [3.8, 4) is 11.5 Å². The van der Waals surface area contributed by atoms with Crippen molar-refractivity contribution in [2.75, 3.05) is 20.8 Å². The lowest BCUT2D eigenvalue weighted by Gasteiger charge is -2.24. The Bertz CT molecular complexity index is 429. The van der Waals surface area contributed by atoms with Gasteiger partial charge in [0.25, 0.3) is 5.91 Å². The number of carbonyl (C=O) groups excluding carboxylic acids is 1. The van der Waals surface area contributed by atoms with E-state index in [4.69, 9.17) is 14.6 Å². The quantitative estimate of drug-likeness (QED) is 0.827. The smallest absolute Gasteiger partial charge is 0.255 e. The van der Waals surface area contributed by atoms with Gasteiger partial charge in [0.2, 0.25) is 0 Å². The first-order valence-corrected chi connectivity index (χ1v) is 5.59. The van der Waals surface area contributed by atoms with E-state index in [1.807, 2.05) is 0 Å². The molecule has 100 valence electrons. The summed E-state index contributed by atoms with van der Waals surface area (Å²) < 4.78 is 10.2. The summed E-state index contributed by atoms with van der Waals surface area (Å²) in [5, 5.41) is 11.9. The van der Waals surface area contributed by atoms with Gasteiger partial charge >= 0.3 is 0 Å². The van der Waals surface area contributed by atoms with Crippen LogP contribution in [0, 0.1) is 0 Å². The molecule has 1 aromatic rings. The van der Waals surface area contributed by atoms with Crippen LogP contribution in [0.5, 0.6) is 11.5 Å². The van der Waals surface area contributed by atoms with Crippen molar-refractivity contribution in [2.24, 2.45) is 0 Å². The summed E-state index contributed by atoms with van der Waals surface area (Å²) in [5.41, 5.74) is -0.276. The first-order valence-electron chi connectivity index (χ1n) is 5.59. The Morgan fingerprint density at radius 1 is 1.33 bits per heavy atom. The van der Waals surface area contributed by atoms with Crippen LogP contribution in [0.1, 0.15) is 24.2 Å². The van der Waals surface area contributed by atoms with Crippen molar-refractivity contribution in [2.45, 2.75) is 19.4 Å². The molecule has 0 unspecified atom stereocenters. The zero-order chi connectivity index (χ0) is 13.8. The van der Waals surface area contributed by atoms with Gasteiger partial charge in [-0.2, -0.15) is 0 Å². The molecule has 5 heteroatoms. The van der Waals surface area contributed by atoms with Crippen molar-refractivity contribution in [3.05, 3.63) is 23.8 Å². The summed E-state index contributed by atoms with van der Waals surface area (Å²) in [7, 11) is 3.03. The minimum Gasteiger partial charge on any atom is -0.497 e. The van der Waals surface area contributed by atoms with Crippen LogP contribution in [0.15, 0.2) is 18.2 Å². The van der Waals surface area contributed by atoms with Crippen LogP contribution in [-0.4, -0.2) is 37.4 Å². The molecule has 5 nitrogen and oxygen atoms in total. The molecule has 0 bridgehead atoms. The Morgan fingerprint density at radius 3 is 2.50 bits per heavy atom. The van der Waals surface area contributed by atoms with Gasteiger partial charge in [0, 0.05) is 6.07 Å². The van der Waals surface area contributed by atoms with E-state index in [1.165, 1.54) is 7.11 Å². The largest absolute Gasteiger partial charge is 0.497 e. The van der Waals surface area contributed by atoms with Crippen molar-refractivity contribution < 1.29 is 19.4 Å². The van der Waals surface area contributed by atoms with E-state index in [1.54, 1.807) is 39.2 Å². The van der Waals surface area contributed by atoms with Crippen molar-refractivity contribution in [3.63, 3.8) is 0 Å². The molecule has 1 aromatic carbocycles. The van der Waals surface area contributed by atoms with Gasteiger partial charge in [-0.3, -0.25) is 4.79 Å². The Kier molecular flexibility index (Phi) is 4.55. The minimum atomic E-state index is -0.679. The second-order valence-electron chi connectivity index (χ2n) is 4.56. The number of hydrogen-bond acceptors (Lipinski definition) is 4. The third-order valence-corrected chi connectivity index (χ3v) is 2.50. The Morgan fingerprint density at radius 2 is 2.00 bits per heavy atom. The van der Waals surface area contributed by atoms with Gasteiger partial charge < -0.3 is 19.9 Å². The molecule has 0 saturated heterocycles. The first-order chi connectivity index (χ1) is 8.43. The van der Waals surface area contributed by atoms with E-state index in [0.29, 0.717) is 17.1 Å². The predicted molar refractivity (Wildman–Crippen MR) is 68.2 cm³/mol. The highest BCUT2D eigenvalue weighted by molar-refractivity contribution is 5.97. The maximum absolute atomic E-state index is 12.1. The molecular formula is C13H19NO4. The molecule has 1 amide bonds. The number of carbonyl (C=O) groups is 1. The van der Waals surface area contributed by atoms with E-state index in [9.17, 15) is 4.79 Å². The molecule has 1 rings (SSSR count). The van der Waals surface area contributed by atoms with E-state index in [2.05, 4.69) is 5.32 Å². The third kappa shape index (κ3) is 3.37. The molecule has 0 heterocycles. The summed E-state index contributed by atoms with van der Waals surface area (Å²) in [5.74, 6) is 0.749. The second-order valence-corrected chi connectivity index (χ2v) is 4.56. The van der Waals surface area contributed by atoms with Crippen LogP contribution in [0.25, 0.3) is 0 Å². The fourth-order valence-electron chi connectivity index (χ4n) is 1.40. The standard InChI is InChI=1S/C13H19NO4/c1-13(2,8-15)14-12(16)10-6-5-9(17-3)7-11(10)18-4/h5-7,15H,8H2,1-4H3,(H,14,16). The van der Waals surface area contributed by atoms with Gasteiger partial charge in [-0.1, -0.05) is 0 Å². The summed E-state index contributed by atoms with van der Waals surface area (Å²) in [6.45, 7) is 3.33. The molecule has 0 spiro atoms. The fraction of sp³-hybridized carbons (Fsp3) is 0.462. The highest BCUT2D eigenvalue weighted by Gasteiger charge is 2.22. The normalized spacial score (nSPS) is 10.9. The lowest BCUT2D eigenvalue weighted by molar-refractivity contribution is 0.0866. The van der Waals surface area contributed by atoms with Crippen LogP contribution in [0.2, 0.25) is 0 Å².